The van der Waals surface area contributed by atoms with Gasteiger partial charge in [-0.05, 0) is 60.3 Å². The van der Waals surface area contributed by atoms with Crippen LogP contribution in [-0.2, 0) is 0 Å². The van der Waals surface area contributed by atoms with E-state index in [1.54, 1.807) is 6.21 Å². The molecule has 3 N–H and O–H groups in total. The summed E-state index contributed by atoms with van der Waals surface area (Å²) in [7, 11) is 0. The molecule has 1 aromatic carbocycles. The van der Waals surface area contributed by atoms with Crippen molar-refractivity contribution in [3.63, 3.8) is 0 Å². The number of hydrazone groups is 1. The van der Waals surface area contributed by atoms with Crippen molar-refractivity contribution >= 4 is 40.6 Å². The molecule has 0 atom stereocenters. The molecule has 2 heterocycles. The van der Waals surface area contributed by atoms with Crippen LogP contribution in [0.15, 0.2) is 64.8 Å². The fraction of sp³-hybridized carbons (Fsp3) is 0.0588. The van der Waals surface area contributed by atoms with Crippen LogP contribution in [0.1, 0.15) is 10.4 Å². The fourth-order valence-corrected chi connectivity index (χ4v) is 2.97. The Labute approximate surface area is 153 Å². The quantitative estimate of drug-likeness (QED) is 0.285. The molecule has 2 aromatic heterocycles. The Morgan fingerprint density at radius 2 is 1.96 bits per heavy atom. The number of benzene rings is 1. The standard InChI is InChI=1S/C17H15N5OS2/c1-12-7-9-22(10-8-12)15-14(25-17(23)20-15)11-18-21-16(24)19-13-5-3-2-4-6-13/h2-11H,1H3,(H2-,18,19,20,21,23,24)/p+1. The average Bonchev–Trinajstić information content (AvgIpc) is 2.97. The molecule has 3 rings (SSSR count). The molecule has 126 valence electrons. The lowest BCUT2D eigenvalue weighted by Gasteiger charge is -2.05. The molecule has 0 radical (unpaired) electrons. The number of nitrogens with zero attached hydrogens (tertiary/aromatic N) is 2. The minimum Gasteiger partial charge on any atom is -0.331 e. The Hall–Kier alpha value is -2.84. The molecule has 0 fully saturated rings. The number of para-hydroxylation sites is 1. The zero-order chi connectivity index (χ0) is 17.6. The van der Waals surface area contributed by atoms with Crippen LogP contribution in [0.2, 0.25) is 0 Å². The molecule has 0 saturated carbocycles. The smallest absolute Gasteiger partial charge is 0.331 e. The Balaban J connectivity index is 1.70. The largest absolute Gasteiger partial charge is 0.390 e. The highest BCUT2D eigenvalue weighted by atomic mass is 32.1. The van der Waals surface area contributed by atoms with E-state index in [4.69, 9.17) is 12.2 Å². The summed E-state index contributed by atoms with van der Waals surface area (Å²) in [6.45, 7) is 2.01. The van der Waals surface area contributed by atoms with Gasteiger partial charge in [0.2, 0.25) is 0 Å². The van der Waals surface area contributed by atoms with Crippen molar-refractivity contribution in [1.82, 2.24) is 10.4 Å². The number of anilines is 1. The van der Waals surface area contributed by atoms with Crippen LogP contribution < -0.4 is 20.2 Å². The Morgan fingerprint density at radius 1 is 1.24 bits per heavy atom. The van der Waals surface area contributed by atoms with Crippen LogP contribution in [0.4, 0.5) is 5.69 Å². The van der Waals surface area contributed by atoms with Crippen LogP contribution in [0.25, 0.3) is 5.82 Å². The molecule has 25 heavy (non-hydrogen) atoms. The first-order valence-electron chi connectivity index (χ1n) is 7.48. The Kier molecular flexibility index (Phi) is 5.32. The summed E-state index contributed by atoms with van der Waals surface area (Å²) in [5.41, 5.74) is 4.76. The van der Waals surface area contributed by atoms with Crippen molar-refractivity contribution in [2.24, 2.45) is 5.10 Å². The van der Waals surface area contributed by atoms with Crippen molar-refractivity contribution in [3.05, 3.63) is 75.0 Å². The van der Waals surface area contributed by atoms with Crippen LogP contribution in [0.3, 0.4) is 0 Å². The maximum absolute atomic E-state index is 11.7. The molecule has 0 spiro atoms. The summed E-state index contributed by atoms with van der Waals surface area (Å²) in [5.74, 6) is 0.669. The van der Waals surface area contributed by atoms with Gasteiger partial charge in [0.1, 0.15) is 4.88 Å². The lowest BCUT2D eigenvalue weighted by atomic mass is 10.3. The van der Waals surface area contributed by atoms with Gasteiger partial charge < -0.3 is 5.32 Å². The first-order valence-corrected chi connectivity index (χ1v) is 8.71. The normalized spacial score (nSPS) is 10.8. The summed E-state index contributed by atoms with van der Waals surface area (Å²) in [6, 6.07) is 13.5. The second kappa shape index (κ2) is 7.82. The summed E-state index contributed by atoms with van der Waals surface area (Å²) in [5, 5.41) is 7.51. The monoisotopic (exact) mass is 370 g/mol. The molecule has 0 bridgehead atoms. The zero-order valence-electron chi connectivity index (χ0n) is 13.4. The summed E-state index contributed by atoms with van der Waals surface area (Å²) in [6.07, 6.45) is 5.35. The highest BCUT2D eigenvalue weighted by molar-refractivity contribution is 7.80. The highest BCUT2D eigenvalue weighted by Gasteiger charge is 2.15. The van der Waals surface area contributed by atoms with Gasteiger partial charge in [-0.15, -0.1) is 0 Å². The zero-order valence-corrected chi connectivity index (χ0v) is 15.0. The fourth-order valence-electron chi connectivity index (χ4n) is 2.09. The molecule has 0 saturated heterocycles. The van der Waals surface area contributed by atoms with Crippen molar-refractivity contribution in [2.45, 2.75) is 6.92 Å². The number of hydrogen-bond acceptors (Lipinski definition) is 4. The van der Waals surface area contributed by atoms with E-state index in [1.165, 1.54) is 0 Å². The van der Waals surface area contributed by atoms with Gasteiger partial charge in [0.05, 0.1) is 18.6 Å². The highest BCUT2D eigenvalue weighted by Crippen LogP contribution is 2.07. The molecule has 8 heteroatoms. The minimum atomic E-state index is -0.144. The van der Waals surface area contributed by atoms with Gasteiger partial charge in [-0.3, -0.25) is 5.43 Å². The summed E-state index contributed by atoms with van der Waals surface area (Å²) in [4.78, 5) is 15.1. The number of rotatable bonds is 4. The second-order valence-electron chi connectivity index (χ2n) is 5.20. The number of pyridine rings is 1. The third-order valence-corrected chi connectivity index (χ3v) is 4.29. The van der Waals surface area contributed by atoms with E-state index in [2.05, 4.69) is 20.8 Å². The minimum absolute atomic E-state index is 0.144. The number of aromatic nitrogens is 2. The van der Waals surface area contributed by atoms with Crippen molar-refractivity contribution < 1.29 is 4.57 Å². The number of H-pyrrole nitrogens is 1. The molecular formula is C17H16N5OS2+. The number of aromatic amines is 1. The molecule has 0 aliphatic carbocycles. The molecule has 3 aromatic rings. The van der Waals surface area contributed by atoms with Gasteiger partial charge in [0.25, 0.3) is 0 Å². The van der Waals surface area contributed by atoms with E-state index in [0.29, 0.717) is 15.8 Å². The number of aryl methyl sites for hydroxylation is 1. The lowest BCUT2D eigenvalue weighted by molar-refractivity contribution is -0.599. The van der Waals surface area contributed by atoms with E-state index in [9.17, 15) is 4.79 Å². The van der Waals surface area contributed by atoms with Gasteiger partial charge in [0.15, 0.2) is 5.11 Å². The summed E-state index contributed by atoms with van der Waals surface area (Å²) >= 11 is 6.27. The average molecular weight is 370 g/mol. The van der Waals surface area contributed by atoms with Crippen LogP contribution in [-0.4, -0.2) is 16.3 Å². The van der Waals surface area contributed by atoms with Gasteiger partial charge in [-0.1, -0.05) is 18.2 Å². The van der Waals surface area contributed by atoms with E-state index in [-0.39, 0.29) is 4.87 Å². The van der Waals surface area contributed by atoms with Crippen LogP contribution in [0, 0.1) is 6.92 Å². The first-order chi connectivity index (χ1) is 12.1. The van der Waals surface area contributed by atoms with E-state index in [1.807, 2.05) is 66.3 Å². The molecular weight excluding hydrogens is 354 g/mol. The molecule has 0 amide bonds. The topological polar surface area (TPSA) is 73.2 Å². The predicted molar refractivity (Wildman–Crippen MR) is 105 cm³/mol. The van der Waals surface area contributed by atoms with E-state index in [0.717, 1.165) is 22.6 Å². The van der Waals surface area contributed by atoms with E-state index >= 15 is 0 Å². The van der Waals surface area contributed by atoms with Gasteiger partial charge in [-0.2, -0.15) is 10.1 Å². The number of nitrogens with one attached hydrogen (secondary N) is 3. The SMILES string of the molecule is Cc1cc[n+](-c2[nH]c(=O)sc2/C=N/NC(=S)Nc2ccccc2)cc1. The molecule has 0 aliphatic heterocycles. The maximum Gasteiger partial charge on any atom is 0.390 e. The number of thiocarbonyl (C=S) groups is 1. The van der Waals surface area contributed by atoms with Crippen molar-refractivity contribution in [3.8, 4) is 5.82 Å². The maximum atomic E-state index is 11.7. The molecule has 0 unspecified atom stereocenters. The summed E-state index contributed by atoms with van der Waals surface area (Å²) < 4.78 is 1.84. The van der Waals surface area contributed by atoms with Crippen LogP contribution in [0.5, 0.6) is 0 Å². The van der Waals surface area contributed by atoms with Crippen molar-refractivity contribution in [2.75, 3.05) is 5.32 Å². The van der Waals surface area contributed by atoms with Gasteiger partial charge in [-0.25, -0.2) is 9.36 Å². The molecule has 6 nitrogen and oxygen atoms in total. The lowest BCUT2D eigenvalue weighted by Crippen LogP contribution is -2.32. The second-order valence-corrected chi connectivity index (χ2v) is 6.62. The van der Waals surface area contributed by atoms with Gasteiger partial charge in [0, 0.05) is 5.69 Å². The third kappa shape index (κ3) is 4.59. The van der Waals surface area contributed by atoms with E-state index < -0.39 is 0 Å². The predicted octanol–water partition coefficient (Wildman–Crippen LogP) is 2.34. The number of hydrogen-bond donors (Lipinski definition) is 3. The van der Waals surface area contributed by atoms with Crippen LogP contribution >= 0.6 is 23.6 Å². The third-order valence-electron chi connectivity index (χ3n) is 3.29. The van der Waals surface area contributed by atoms with Crippen molar-refractivity contribution in [1.29, 1.82) is 0 Å². The Morgan fingerprint density at radius 3 is 2.68 bits per heavy atom. The first kappa shape index (κ1) is 17.0. The van der Waals surface area contributed by atoms with Gasteiger partial charge >= 0.3 is 10.7 Å². The molecule has 0 aliphatic rings. The Bertz CT molecular complexity index is 945. The number of thiazole rings is 1.